The molecule has 1 N–H and O–H groups in total. The molecule has 1 aromatic heterocycles. The van der Waals surface area contributed by atoms with E-state index in [4.69, 9.17) is 0 Å². The van der Waals surface area contributed by atoms with Gasteiger partial charge < -0.3 is 10.1 Å². The summed E-state index contributed by atoms with van der Waals surface area (Å²) in [5, 5.41) is 13.5. The SMILES string of the molecule is O=[N+]([O-])c1ccc(CNc2ccc(OC(F)(F)F)cc2)s1. The highest BCUT2D eigenvalue weighted by molar-refractivity contribution is 7.15. The van der Waals surface area contributed by atoms with E-state index < -0.39 is 11.3 Å². The Bertz CT molecular complexity index is 625. The van der Waals surface area contributed by atoms with Crippen LogP contribution in [0.3, 0.4) is 0 Å². The van der Waals surface area contributed by atoms with Gasteiger partial charge >= 0.3 is 11.4 Å². The molecule has 2 aromatic rings. The number of thiophene rings is 1. The third-order valence-corrected chi connectivity index (χ3v) is 3.42. The lowest BCUT2D eigenvalue weighted by Crippen LogP contribution is -2.17. The van der Waals surface area contributed by atoms with Crippen molar-refractivity contribution < 1.29 is 22.8 Å². The van der Waals surface area contributed by atoms with Crippen molar-refractivity contribution in [2.24, 2.45) is 0 Å². The highest BCUT2D eigenvalue weighted by Gasteiger charge is 2.30. The smallest absolute Gasteiger partial charge is 0.406 e. The summed E-state index contributed by atoms with van der Waals surface area (Å²) in [4.78, 5) is 10.8. The molecule has 0 saturated heterocycles. The molecule has 0 aliphatic carbocycles. The molecular formula is C12H9F3N2O3S. The van der Waals surface area contributed by atoms with Crippen molar-refractivity contribution in [2.45, 2.75) is 12.9 Å². The zero-order valence-electron chi connectivity index (χ0n) is 10.4. The van der Waals surface area contributed by atoms with Gasteiger partial charge in [-0.15, -0.1) is 13.2 Å². The van der Waals surface area contributed by atoms with Crippen LogP contribution in [0.4, 0.5) is 23.9 Å². The van der Waals surface area contributed by atoms with Gasteiger partial charge in [0.25, 0.3) is 0 Å². The minimum absolute atomic E-state index is 0.0423. The van der Waals surface area contributed by atoms with Gasteiger partial charge in [0.15, 0.2) is 0 Å². The molecule has 5 nitrogen and oxygen atoms in total. The van der Waals surface area contributed by atoms with Crippen molar-refractivity contribution in [1.29, 1.82) is 0 Å². The maximum absolute atomic E-state index is 12.0. The highest BCUT2D eigenvalue weighted by atomic mass is 32.1. The van der Waals surface area contributed by atoms with E-state index in [0.29, 0.717) is 12.2 Å². The van der Waals surface area contributed by atoms with Crippen molar-refractivity contribution in [3.8, 4) is 5.75 Å². The molecule has 112 valence electrons. The third-order valence-electron chi connectivity index (χ3n) is 2.38. The average molecular weight is 318 g/mol. The van der Waals surface area contributed by atoms with Crippen molar-refractivity contribution in [2.75, 3.05) is 5.32 Å². The van der Waals surface area contributed by atoms with Crippen LogP contribution in [-0.4, -0.2) is 11.3 Å². The predicted octanol–water partition coefficient (Wildman–Crippen LogP) is 4.17. The van der Waals surface area contributed by atoms with Gasteiger partial charge in [0.05, 0.1) is 4.92 Å². The third kappa shape index (κ3) is 4.63. The minimum atomic E-state index is -4.72. The molecule has 9 heteroatoms. The monoisotopic (exact) mass is 318 g/mol. The number of hydrogen-bond donors (Lipinski definition) is 1. The molecular weight excluding hydrogens is 309 g/mol. The van der Waals surface area contributed by atoms with E-state index in [1.54, 1.807) is 6.07 Å². The fraction of sp³-hybridized carbons (Fsp3) is 0.167. The van der Waals surface area contributed by atoms with E-state index in [2.05, 4.69) is 10.1 Å². The van der Waals surface area contributed by atoms with E-state index in [0.717, 1.165) is 16.2 Å². The molecule has 0 aliphatic heterocycles. The lowest BCUT2D eigenvalue weighted by molar-refractivity contribution is -0.380. The predicted molar refractivity (Wildman–Crippen MR) is 71.4 cm³/mol. The maximum atomic E-state index is 12.0. The number of anilines is 1. The number of rotatable bonds is 5. The van der Waals surface area contributed by atoms with Crippen molar-refractivity contribution in [3.05, 3.63) is 51.4 Å². The zero-order valence-corrected chi connectivity index (χ0v) is 11.2. The number of nitrogens with one attached hydrogen (secondary N) is 1. The van der Waals surface area contributed by atoms with Gasteiger partial charge in [-0.3, -0.25) is 10.1 Å². The Labute approximate surface area is 121 Å². The largest absolute Gasteiger partial charge is 0.573 e. The summed E-state index contributed by atoms with van der Waals surface area (Å²) in [6.45, 7) is 0.345. The van der Waals surface area contributed by atoms with Crippen LogP contribution in [0.25, 0.3) is 0 Å². The van der Waals surface area contributed by atoms with Crippen molar-refractivity contribution in [1.82, 2.24) is 0 Å². The molecule has 0 spiro atoms. The van der Waals surface area contributed by atoms with Gasteiger partial charge in [0.2, 0.25) is 0 Å². The van der Waals surface area contributed by atoms with Crippen LogP contribution in [0.15, 0.2) is 36.4 Å². The van der Waals surface area contributed by atoms with Gasteiger partial charge in [-0.05, 0) is 30.3 Å². The zero-order chi connectivity index (χ0) is 15.5. The molecule has 0 amide bonds. The van der Waals surface area contributed by atoms with Gasteiger partial charge in [0.1, 0.15) is 5.75 Å². The highest BCUT2D eigenvalue weighted by Crippen LogP contribution is 2.26. The second-order valence-electron chi connectivity index (χ2n) is 3.92. The van der Waals surface area contributed by atoms with Crippen molar-refractivity contribution in [3.63, 3.8) is 0 Å². The maximum Gasteiger partial charge on any atom is 0.573 e. The Morgan fingerprint density at radius 1 is 1.19 bits per heavy atom. The van der Waals surface area contributed by atoms with E-state index in [1.807, 2.05) is 0 Å². The average Bonchev–Trinajstić information content (AvgIpc) is 2.85. The number of ether oxygens (including phenoxy) is 1. The Hall–Kier alpha value is -2.29. The molecule has 21 heavy (non-hydrogen) atoms. The number of hydrogen-bond acceptors (Lipinski definition) is 5. The lowest BCUT2D eigenvalue weighted by Gasteiger charge is -2.10. The van der Waals surface area contributed by atoms with Crippen LogP contribution in [0.2, 0.25) is 0 Å². The fourth-order valence-electron chi connectivity index (χ4n) is 1.52. The first-order valence-corrected chi connectivity index (χ1v) is 6.48. The van der Waals surface area contributed by atoms with Crippen LogP contribution < -0.4 is 10.1 Å². The van der Waals surface area contributed by atoms with Gasteiger partial charge in [0, 0.05) is 23.2 Å². The van der Waals surface area contributed by atoms with Crippen molar-refractivity contribution >= 4 is 22.0 Å². The van der Waals surface area contributed by atoms with Crippen LogP contribution in [0.1, 0.15) is 4.88 Å². The lowest BCUT2D eigenvalue weighted by atomic mass is 10.3. The fourth-order valence-corrected chi connectivity index (χ4v) is 2.28. The molecule has 0 atom stereocenters. The quantitative estimate of drug-likeness (QED) is 0.664. The van der Waals surface area contributed by atoms with Gasteiger partial charge in [-0.1, -0.05) is 11.3 Å². The normalized spacial score (nSPS) is 11.2. The van der Waals surface area contributed by atoms with Crippen LogP contribution in [0.5, 0.6) is 5.75 Å². The first-order chi connectivity index (χ1) is 9.83. The first kappa shape index (κ1) is 15.1. The second-order valence-corrected chi connectivity index (χ2v) is 5.07. The molecule has 0 aliphatic rings. The second kappa shape index (κ2) is 6.00. The molecule has 2 rings (SSSR count). The standard InChI is InChI=1S/C12H9F3N2O3S/c13-12(14,15)20-9-3-1-8(2-4-9)16-7-10-5-6-11(21-10)17(18)19/h1-6,16H,7H2. The van der Waals surface area contributed by atoms with Crippen LogP contribution in [-0.2, 0) is 6.54 Å². The molecule has 0 saturated carbocycles. The summed E-state index contributed by atoms with van der Waals surface area (Å²) in [5.41, 5.74) is 0.584. The number of benzene rings is 1. The topological polar surface area (TPSA) is 64.4 Å². The number of alkyl halides is 3. The summed E-state index contributed by atoms with van der Waals surface area (Å²) < 4.78 is 39.7. The van der Waals surface area contributed by atoms with E-state index >= 15 is 0 Å². The van der Waals surface area contributed by atoms with Crippen LogP contribution >= 0.6 is 11.3 Å². The Balaban J connectivity index is 1.92. The number of nitrogens with zero attached hydrogens (tertiary/aromatic N) is 1. The molecule has 0 unspecified atom stereocenters. The first-order valence-electron chi connectivity index (χ1n) is 5.66. The molecule has 0 bridgehead atoms. The number of nitro groups is 1. The summed E-state index contributed by atoms with van der Waals surface area (Å²) in [6.07, 6.45) is -4.72. The molecule has 0 fully saturated rings. The van der Waals surface area contributed by atoms with E-state index in [-0.39, 0.29) is 10.8 Å². The Morgan fingerprint density at radius 2 is 1.86 bits per heavy atom. The summed E-state index contributed by atoms with van der Waals surface area (Å²) in [7, 11) is 0. The van der Waals surface area contributed by atoms with Gasteiger partial charge in [-0.2, -0.15) is 0 Å². The molecule has 1 heterocycles. The van der Waals surface area contributed by atoms with Gasteiger partial charge in [-0.25, -0.2) is 0 Å². The van der Waals surface area contributed by atoms with Crippen LogP contribution in [0, 0.1) is 10.1 Å². The molecule has 1 aromatic carbocycles. The van der Waals surface area contributed by atoms with E-state index in [1.165, 1.54) is 30.3 Å². The minimum Gasteiger partial charge on any atom is -0.406 e. The summed E-state index contributed by atoms with van der Waals surface area (Å²) in [6, 6.07) is 8.27. The summed E-state index contributed by atoms with van der Waals surface area (Å²) >= 11 is 1.04. The number of halogens is 3. The summed E-state index contributed by atoms with van der Waals surface area (Å²) in [5.74, 6) is -0.306. The Kier molecular flexibility index (Phi) is 4.32. The Morgan fingerprint density at radius 3 is 2.38 bits per heavy atom. The van der Waals surface area contributed by atoms with E-state index in [9.17, 15) is 23.3 Å². The molecule has 0 radical (unpaired) electrons.